The molecule has 0 amide bonds. The Morgan fingerprint density at radius 2 is 1.09 bits per heavy atom. The first kappa shape index (κ1) is 31.6. The maximum Gasteiger partial charge on any atom is 0.159 e. The van der Waals surface area contributed by atoms with Crippen molar-refractivity contribution in [2.75, 3.05) is 4.90 Å². The van der Waals surface area contributed by atoms with Crippen molar-refractivity contribution in [3.8, 4) is 22.3 Å². The van der Waals surface area contributed by atoms with Crippen LogP contribution in [0, 0.1) is 0 Å². The largest absolute Gasteiger partial charge is 0.453 e. The summed E-state index contributed by atoms with van der Waals surface area (Å²) < 4.78 is 9.91. The Kier molecular flexibility index (Phi) is 6.59. The van der Waals surface area contributed by atoms with Gasteiger partial charge in [0.1, 0.15) is 5.58 Å². The van der Waals surface area contributed by atoms with Gasteiger partial charge in [0.25, 0.3) is 0 Å². The molecule has 264 valence electrons. The van der Waals surface area contributed by atoms with Gasteiger partial charge in [-0.2, -0.15) is 0 Å². The fraction of sp³-hybridized carbons (Fsp3) is 0.0566. The maximum atomic E-state index is 7.37. The van der Waals surface area contributed by atoms with E-state index in [0.29, 0.717) is 0 Å². The molecule has 56 heavy (non-hydrogen) atoms. The van der Waals surface area contributed by atoms with Crippen LogP contribution < -0.4 is 4.90 Å². The summed E-state index contributed by atoms with van der Waals surface area (Å²) in [5, 5.41) is 9.59. The maximum absolute atomic E-state index is 7.37. The number of fused-ring (bicyclic) bond motifs is 11. The van der Waals surface area contributed by atoms with E-state index in [4.69, 9.17) is 4.42 Å². The lowest BCUT2D eigenvalue weighted by atomic mass is 9.82. The van der Waals surface area contributed by atoms with Gasteiger partial charge in [-0.15, -0.1) is 11.3 Å². The molecule has 0 unspecified atom stereocenters. The Morgan fingerprint density at radius 1 is 0.446 bits per heavy atom. The summed E-state index contributed by atoms with van der Waals surface area (Å²) in [6, 6.07) is 64.5. The lowest BCUT2D eigenvalue weighted by Gasteiger charge is -2.28. The molecular weight excluding hydrogens is 699 g/mol. The quantitative estimate of drug-likeness (QED) is 0.179. The number of hydrogen-bond donors (Lipinski definition) is 0. The van der Waals surface area contributed by atoms with Gasteiger partial charge in [-0.1, -0.05) is 153 Å². The summed E-state index contributed by atoms with van der Waals surface area (Å²) in [5.41, 5.74) is 12.6. The third-order valence-electron chi connectivity index (χ3n) is 12.2. The zero-order valence-electron chi connectivity index (χ0n) is 31.0. The number of para-hydroxylation sites is 1. The van der Waals surface area contributed by atoms with Gasteiger partial charge in [0, 0.05) is 42.9 Å². The van der Waals surface area contributed by atoms with Gasteiger partial charge in [0.05, 0.1) is 16.1 Å². The van der Waals surface area contributed by atoms with Gasteiger partial charge in [0.15, 0.2) is 5.58 Å². The molecule has 0 saturated heterocycles. The summed E-state index contributed by atoms with van der Waals surface area (Å²) >= 11 is 1.86. The monoisotopic (exact) mass is 733 g/mol. The molecule has 0 fully saturated rings. The third kappa shape index (κ3) is 4.38. The summed E-state index contributed by atoms with van der Waals surface area (Å²) in [4.78, 5) is 2.46. The summed E-state index contributed by atoms with van der Waals surface area (Å²) in [6.45, 7) is 4.72. The van der Waals surface area contributed by atoms with Crippen LogP contribution in [-0.2, 0) is 5.41 Å². The van der Waals surface area contributed by atoms with Crippen LogP contribution in [-0.4, -0.2) is 0 Å². The second-order valence-electron chi connectivity index (χ2n) is 15.6. The van der Waals surface area contributed by atoms with E-state index >= 15 is 0 Å². The van der Waals surface area contributed by atoms with E-state index in [1.54, 1.807) is 0 Å². The topological polar surface area (TPSA) is 16.4 Å². The van der Waals surface area contributed by atoms with Crippen LogP contribution in [0.1, 0.15) is 25.0 Å². The lowest BCUT2D eigenvalue weighted by Crippen LogP contribution is -2.16. The van der Waals surface area contributed by atoms with Gasteiger partial charge >= 0.3 is 0 Å². The van der Waals surface area contributed by atoms with E-state index in [-0.39, 0.29) is 5.41 Å². The molecule has 9 aromatic carbocycles. The van der Waals surface area contributed by atoms with Gasteiger partial charge in [-0.3, -0.25) is 0 Å². The zero-order valence-corrected chi connectivity index (χ0v) is 31.8. The molecule has 1 aliphatic carbocycles. The third-order valence-corrected chi connectivity index (χ3v) is 13.4. The fourth-order valence-electron chi connectivity index (χ4n) is 9.62. The van der Waals surface area contributed by atoms with E-state index in [2.05, 4.69) is 195 Å². The Balaban J connectivity index is 1.18. The molecule has 0 aliphatic heterocycles. The predicted octanol–water partition coefficient (Wildman–Crippen LogP) is 15.7. The molecule has 0 atom stereocenters. The van der Waals surface area contributed by atoms with Gasteiger partial charge in [-0.05, 0) is 85.8 Å². The zero-order chi connectivity index (χ0) is 37.1. The van der Waals surface area contributed by atoms with E-state index in [1.165, 1.54) is 69.5 Å². The van der Waals surface area contributed by atoms with E-state index < -0.39 is 0 Å². The Morgan fingerprint density at radius 3 is 1.98 bits per heavy atom. The highest BCUT2D eigenvalue weighted by atomic mass is 32.1. The number of anilines is 3. The summed E-state index contributed by atoms with van der Waals surface area (Å²) in [5.74, 6) is 0. The summed E-state index contributed by atoms with van der Waals surface area (Å²) in [7, 11) is 0. The fourth-order valence-corrected chi connectivity index (χ4v) is 10.8. The number of rotatable bonds is 4. The van der Waals surface area contributed by atoms with Crippen molar-refractivity contribution in [1.82, 2.24) is 0 Å². The molecule has 2 nitrogen and oxygen atoms in total. The van der Waals surface area contributed by atoms with E-state index in [1.807, 2.05) is 11.3 Å². The Hall–Kier alpha value is -6.68. The summed E-state index contributed by atoms with van der Waals surface area (Å²) in [6.07, 6.45) is 0. The minimum atomic E-state index is -0.143. The number of hydrogen-bond acceptors (Lipinski definition) is 3. The van der Waals surface area contributed by atoms with Crippen molar-refractivity contribution in [1.29, 1.82) is 0 Å². The second kappa shape index (κ2) is 11.7. The van der Waals surface area contributed by atoms with Crippen molar-refractivity contribution in [2.45, 2.75) is 19.3 Å². The number of nitrogens with zero attached hydrogens (tertiary/aromatic N) is 1. The molecule has 0 spiro atoms. The van der Waals surface area contributed by atoms with Crippen LogP contribution in [0.5, 0.6) is 0 Å². The van der Waals surface area contributed by atoms with Crippen LogP contribution in [0.15, 0.2) is 180 Å². The molecule has 0 bridgehead atoms. The van der Waals surface area contributed by atoms with Gasteiger partial charge in [-0.25, -0.2) is 0 Å². The van der Waals surface area contributed by atoms with Gasteiger partial charge < -0.3 is 9.32 Å². The number of furan rings is 1. The molecule has 12 rings (SSSR count). The molecule has 2 aromatic heterocycles. The van der Waals surface area contributed by atoms with Crippen LogP contribution >= 0.6 is 11.3 Å². The number of thiophene rings is 1. The highest BCUT2D eigenvalue weighted by Crippen LogP contribution is 2.53. The first-order chi connectivity index (χ1) is 27.5. The first-order valence-corrected chi connectivity index (χ1v) is 20.2. The molecule has 0 N–H and O–H groups in total. The molecule has 2 heterocycles. The van der Waals surface area contributed by atoms with Crippen molar-refractivity contribution < 1.29 is 4.42 Å². The minimum absolute atomic E-state index is 0.143. The van der Waals surface area contributed by atoms with Crippen molar-refractivity contribution in [2.24, 2.45) is 0 Å². The normalized spacial score (nSPS) is 13.3. The van der Waals surface area contributed by atoms with Crippen LogP contribution in [0.3, 0.4) is 0 Å². The first-order valence-electron chi connectivity index (χ1n) is 19.3. The predicted molar refractivity (Wildman–Crippen MR) is 239 cm³/mol. The Labute approximate surface area is 328 Å². The van der Waals surface area contributed by atoms with Gasteiger partial charge in [0.2, 0.25) is 0 Å². The van der Waals surface area contributed by atoms with E-state index in [0.717, 1.165) is 44.6 Å². The highest BCUT2D eigenvalue weighted by molar-refractivity contribution is 7.26. The smallest absolute Gasteiger partial charge is 0.159 e. The van der Waals surface area contributed by atoms with Crippen LogP contribution in [0.25, 0.3) is 85.9 Å². The van der Waals surface area contributed by atoms with Crippen LogP contribution in [0.2, 0.25) is 0 Å². The molecule has 0 saturated carbocycles. The highest BCUT2D eigenvalue weighted by Gasteiger charge is 2.36. The van der Waals surface area contributed by atoms with Crippen molar-refractivity contribution in [3.05, 3.63) is 187 Å². The molecule has 1 aliphatic rings. The van der Waals surface area contributed by atoms with Crippen molar-refractivity contribution >= 4 is 92.1 Å². The Bertz CT molecular complexity index is 3410. The van der Waals surface area contributed by atoms with Crippen LogP contribution in [0.4, 0.5) is 17.1 Å². The van der Waals surface area contributed by atoms with Crippen molar-refractivity contribution in [3.63, 3.8) is 0 Å². The lowest BCUT2D eigenvalue weighted by molar-refractivity contribution is 0.660. The second-order valence-corrected chi connectivity index (χ2v) is 16.7. The average molecular weight is 734 g/mol. The van der Waals surface area contributed by atoms with E-state index in [9.17, 15) is 0 Å². The SMILES string of the molecule is CC1(C)c2ccccc2-c2ccc(N(c3cccc4c3oc3c(-c5cccc6ccccc56)c5ccccc5cc34)c3cccc4c3sc3ccccc34)cc21. The average Bonchev–Trinajstić information content (AvgIpc) is 3.88. The molecule has 0 radical (unpaired) electrons. The minimum Gasteiger partial charge on any atom is -0.453 e. The molecule has 11 aromatic rings. The molecular formula is C53H35NOS. The number of benzene rings is 9. The standard InChI is InChI=1S/C53H35NOS/c1-53(2)44-24-9-7-19-37(44)38-29-28-34(31-45(38)53)54(47-26-13-23-42-39-20-8-10-27-48(39)56-52(42)47)46-25-12-22-41-43-30-33-15-4-6-18-36(33)49(51(43)55-50(41)46)40-21-11-16-32-14-3-5-17-35(32)40/h3-31H,1-2H3. The molecule has 3 heteroatoms.